The van der Waals surface area contributed by atoms with Crippen LogP contribution in [0.1, 0.15) is 40.0 Å². The first-order valence-corrected chi connectivity index (χ1v) is 9.92. The van der Waals surface area contributed by atoms with Crippen LogP contribution in [-0.4, -0.2) is 42.6 Å². The molecule has 0 aliphatic heterocycles. The lowest BCUT2D eigenvalue weighted by atomic mass is 10.2. The summed E-state index contributed by atoms with van der Waals surface area (Å²) in [5.74, 6) is 0.264. The molecule has 29 heavy (non-hydrogen) atoms. The van der Waals surface area contributed by atoms with Crippen LogP contribution in [-0.2, 0) is 19.1 Å². The fourth-order valence-electron chi connectivity index (χ4n) is 3.64. The number of alkyl halides is 3. The van der Waals surface area contributed by atoms with Crippen LogP contribution in [0.2, 0.25) is 0 Å². The maximum atomic E-state index is 13.0. The molecule has 2 unspecified atom stereocenters. The van der Waals surface area contributed by atoms with Gasteiger partial charge in [0, 0.05) is 47.9 Å². The molecule has 3 heterocycles. The maximum absolute atomic E-state index is 13.0. The first kappa shape index (κ1) is 20.0. The van der Waals surface area contributed by atoms with Crippen LogP contribution in [0.5, 0.6) is 0 Å². The minimum atomic E-state index is -4.60. The van der Waals surface area contributed by atoms with Gasteiger partial charge in [0.05, 0.1) is 12.2 Å². The van der Waals surface area contributed by atoms with Gasteiger partial charge in [-0.2, -0.15) is 18.3 Å². The zero-order valence-electron chi connectivity index (χ0n) is 15.5. The smallest absolute Gasteiger partial charge is 0.396 e. The topological polar surface area (TPSA) is 92.6 Å². The molecule has 0 bridgehead atoms. The molecular formula is C18H19F3N4O3S. The Morgan fingerprint density at radius 2 is 2.07 bits per heavy atom. The third kappa shape index (κ3) is 3.69. The fraction of sp³-hybridized carbons (Fsp3) is 0.500. The van der Waals surface area contributed by atoms with Crippen LogP contribution in [0.3, 0.4) is 0 Å². The molecule has 0 spiro atoms. The average molecular weight is 428 g/mol. The van der Waals surface area contributed by atoms with Gasteiger partial charge >= 0.3 is 6.18 Å². The highest BCUT2D eigenvalue weighted by Crippen LogP contribution is 2.49. The van der Waals surface area contributed by atoms with E-state index in [1.165, 1.54) is 21.8 Å². The van der Waals surface area contributed by atoms with Gasteiger partial charge in [-0.1, -0.05) is 0 Å². The number of halogens is 3. The lowest BCUT2D eigenvalue weighted by Gasteiger charge is -2.07. The summed E-state index contributed by atoms with van der Waals surface area (Å²) in [4.78, 5) is 18.6. The van der Waals surface area contributed by atoms with E-state index in [1.54, 1.807) is 0 Å². The number of aromatic nitrogens is 4. The summed E-state index contributed by atoms with van der Waals surface area (Å²) in [5, 5.41) is 22.1. The monoisotopic (exact) mass is 428 g/mol. The average Bonchev–Trinajstić information content (AvgIpc) is 3.17. The quantitative estimate of drug-likeness (QED) is 0.626. The summed E-state index contributed by atoms with van der Waals surface area (Å²) >= 11 is 1.34. The van der Waals surface area contributed by atoms with Gasteiger partial charge in [0.15, 0.2) is 10.7 Å². The predicted octanol–water partition coefficient (Wildman–Crippen LogP) is 1.96. The number of hydrogen-bond donors (Lipinski definition) is 2. The van der Waals surface area contributed by atoms with E-state index in [1.807, 2.05) is 6.92 Å². The normalized spacial score (nSPS) is 19.2. The number of hydrogen-bond acceptors (Lipinski definition) is 6. The molecule has 7 nitrogen and oxygen atoms in total. The van der Waals surface area contributed by atoms with E-state index in [4.69, 9.17) is 5.11 Å². The summed E-state index contributed by atoms with van der Waals surface area (Å²) in [6, 6.07) is 2.20. The number of aliphatic hydroxyl groups is 2. The van der Waals surface area contributed by atoms with Gasteiger partial charge < -0.3 is 10.2 Å². The molecule has 1 saturated carbocycles. The Morgan fingerprint density at radius 3 is 2.69 bits per heavy atom. The standard InChI is InChI=1S/C18H19F3N4O3S/c1-9-16(13-4-10(13)8-27)25-15(28)5-11(22-17(25)29-9)7-24-12(2-3-26)6-14(23-24)18(19,20)21/h5-6,10,13,26-27H,2-4,7-8H2,1H3. The van der Waals surface area contributed by atoms with Crippen LogP contribution in [0.4, 0.5) is 13.2 Å². The van der Waals surface area contributed by atoms with Gasteiger partial charge in [0.1, 0.15) is 0 Å². The molecule has 0 radical (unpaired) electrons. The van der Waals surface area contributed by atoms with Crippen molar-refractivity contribution >= 4 is 16.3 Å². The van der Waals surface area contributed by atoms with Crippen LogP contribution in [0.25, 0.3) is 4.96 Å². The lowest BCUT2D eigenvalue weighted by molar-refractivity contribution is -0.141. The van der Waals surface area contributed by atoms with Crippen LogP contribution in [0.15, 0.2) is 16.9 Å². The molecule has 3 aromatic rings. The first-order chi connectivity index (χ1) is 13.7. The number of aryl methyl sites for hydroxylation is 1. The second-order valence-electron chi connectivity index (χ2n) is 7.18. The van der Waals surface area contributed by atoms with Crippen molar-refractivity contribution in [3.63, 3.8) is 0 Å². The van der Waals surface area contributed by atoms with E-state index >= 15 is 0 Å². The van der Waals surface area contributed by atoms with Crippen molar-refractivity contribution < 1.29 is 23.4 Å². The number of rotatable bonds is 6. The summed E-state index contributed by atoms with van der Waals surface area (Å²) in [6.45, 7) is 1.53. The molecule has 2 N–H and O–H groups in total. The number of fused-ring (bicyclic) bond motifs is 1. The van der Waals surface area contributed by atoms with Gasteiger partial charge in [0.2, 0.25) is 0 Å². The van der Waals surface area contributed by atoms with Gasteiger partial charge in [-0.25, -0.2) is 4.98 Å². The largest absolute Gasteiger partial charge is 0.435 e. The Kier molecular flexibility index (Phi) is 4.99. The summed E-state index contributed by atoms with van der Waals surface area (Å²) < 4.78 is 41.7. The Labute approximate surface area is 167 Å². The second-order valence-corrected chi connectivity index (χ2v) is 8.36. The van der Waals surface area contributed by atoms with Crippen molar-refractivity contribution in [3.8, 4) is 0 Å². The van der Waals surface area contributed by atoms with Crippen molar-refractivity contribution in [2.75, 3.05) is 13.2 Å². The number of nitrogens with zero attached hydrogens (tertiary/aromatic N) is 4. The minimum absolute atomic E-state index is 0.0107. The van der Waals surface area contributed by atoms with Gasteiger partial charge in [-0.3, -0.25) is 13.9 Å². The summed E-state index contributed by atoms with van der Waals surface area (Å²) in [5.41, 5.74) is 0.0195. The van der Waals surface area contributed by atoms with E-state index in [9.17, 15) is 23.1 Å². The molecule has 11 heteroatoms. The van der Waals surface area contributed by atoms with Crippen molar-refractivity contribution in [1.29, 1.82) is 0 Å². The van der Waals surface area contributed by atoms with E-state index < -0.39 is 11.9 Å². The molecule has 1 fully saturated rings. The van der Waals surface area contributed by atoms with Gasteiger partial charge in [0.25, 0.3) is 5.56 Å². The molecule has 1 aliphatic rings. The van der Waals surface area contributed by atoms with Crippen molar-refractivity contribution in [3.05, 3.63) is 50.1 Å². The number of aliphatic hydroxyl groups excluding tert-OH is 2. The van der Waals surface area contributed by atoms with Crippen molar-refractivity contribution in [2.24, 2.45) is 5.92 Å². The Morgan fingerprint density at radius 1 is 1.31 bits per heavy atom. The number of thiazole rings is 1. The van der Waals surface area contributed by atoms with E-state index in [2.05, 4.69) is 10.1 Å². The summed E-state index contributed by atoms with van der Waals surface area (Å²) in [7, 11) is 0. The molecule has 156 valence electrons. The molecule has 1 aliphatic carbocycles. The van der Waals surface area contributed by atoms with Gasteiger partial charge in [-0.15, -0.1) is 11.3 Å². The Hall–Kier alpha value is -2.24. The molecule has 0 saturated heterocycles. The minimum Gasteiger partial charge on any atom is -0.396 e. The SMILES string of the molecule is Cc1sc2nc(Cn3nc(C(F)(F)F)cc3CCO)cc(=O)n2c1C1CC1CO. The van der Waals surface area contributed by atoms with E-state index in [0.717, 1.165) is 27.7 Å². The van der Waals surface area contributed by atoms with Crippen LogP contribution >= 0.6 is 11.3 Å². The van der Waals surface area contributed by atoms with E-state index in [-0.39, 0.29) is 49.3 Å². The third-order valence-corrected chi connectivity index (χ3v) is 6.10. The first-order valence-electron chi connectivity index (χ1n) is 9.10. The molecule has 4 rings (SSSR count). The lowest BCUT2D eigenvalue weighted by Crippen LogP contribution is -2.19. The fourth-order valence-corrected chi connectivity index (χ4v) is 4.70. The zero-order valence-corrected chi connectivity index (χ0v) is 16.3. The third-order valence-electron chi connectivity index (χ3n) is 5.13. The molecule has 3 aromatic heterocycles. The second kappa shape index (κ2) is 7.22. The maximum Gasteiger partial charge on any atom is 0.435 e. The van der Waals surface area contributed by atoms with Crippen molar-refractivity contribution in [1.82, 2.24) is 19.2 Å². The Balaban J connectivity index is 1.71. The Bertz CT molecular complexity index is 1120. The molecule has 0 amide bonds. The highest BCUT2D eigenvalue weighted by atomic mass is 32.1. The molecular weight excluding hydrogens is 409 g/mol. The molecule has 2 atom stereocenters. The van der Waals surface area contributed by atoms with Gasteiger partial charge in [-0.05, 0) is 25.3 Å². The van der Waals surface area contributed by atoms with Crippen LogP contribution < -0.4 is 5.56 Å². The highest BCUT2D eigenvalue weighted by molar-refractivity contribution is 7.17. The predicted molar refractivity (Wildman–Crippen MR) is 99.1 cm³/mol. The zero-order chi connectivity index (χ0) is 20.9. The molecule has 0 aromatic carbocycles. The van der Waals surface area contributed by atoms with Crippen LogP contribution in [0, 0.1) is 12.8 Å². The summed E-state index contributed by atoms with van der Waals surface area (Å²) in [6.07, 6.45) is -3.77. The highest BCUT2D eigenvalue weighted by Gasteiger charge is 2.41. The van der Waals surface area contributed by atoms with Crippen molar-refractivity contribution in [2.45, 2.75) is 38.4 Å². The van der Waals surface area contributed by atoms with E-state index in [0.29, 0.717) is 10.7 Å².